The van der Waals surface area contributed by atoms with Gasteiger partial charge in [0.05, 0.1) is 0 Å². The van der Waals surface area contributed by atoms with E-state index in [1.165, 1.54) is 21.9 Å². The molecule has 0 fully saturated rings. The van der Waals surface area contributed by atoms with E-state index >= 15 is 0 Å². The molecule has 74 valence electrons. The minimum Gasteiger partial charge on any atom is -0.399 e. The van der Waals surface area contributed by atoms with Crippen molar-refractivity contribution in [2.45, 2.75) is 12.8 Å². The fourth-order valence-corrected chi connectivity index (χ4v) is 2.05. The minimum atomic E-state index is 0.579. The van der Waals surface area contributed by atoms with Gasteiger partial charge in [-0.2, -0.15) is 0 Å². The fourth-order valence-electron chi connectivity index (χ4n) is 2.05. The number of anilines is 1. The van der Waals surface area contributed by atoms with E-state index in [0.29, 0.717) is 5.92 Å². The standard InChI is InChI=1S/C14H13N/c1-9-6-14(9)11-3-2-10-4-5-13(15)8-12(10)7-11/h2-8,14H,15H2,1H3. The quantitative estimate of drug-likeness (QED) is 0.547. The maximum Gasteiger partial charge on any atom is 0.0320 e. The zero-order chi connectivity index (χ0) is 10.4. The van der Waals surface area contributed by atoms with E-state index in [2.05, 4.69) is 37.3 Å². The Morgan fingerprint density at radius 1 is 1.00 bits per heavy atom. The second-order valence-corrected chi connectivity index (χ2v) is 4.25. The Labute approximate surface area is 89.2 Å². The van der Waals surface area contributed by atoms with Crippen LogP contribution in [0.1, 0.15) is 18.4 Å². The van der Waals surface area contributed by atoms with Crippen molar-refractivity contribution in [1.82, 2.24) is 0 Å². The van der Waals surface area contributed by atoms with Gasteiger partial charge in [0, 0.05) is 11.6 Å². The molecular weight excluding hydrogens is 182 g/mol. The Morgan fingerprint density at radius 2 is 1.73 bits per heavy atom. The smallest absolute Gasteiger partial charge is 0.0320 e. The van der Waals surface area contributed by atoms with Crippen molar-refractivity contribution >= 4 is 16.5 Å². The topological polar surface area (TPSA) is 26.0 Å². The molecule has 1 aliphatic rings. The van der Waals surface area contributed by atoms with Gasteiger partial charge in [0.1, 0.15) is 0 Å². The number of rotatable bonds is 1. The van der Waals surface area contributed by atoms with Gasteiger partial charge in [0.25, 0.3) is 0 Å². The van der Waals surface area contributed by atoms with E-state index in [9.17, 15) is 0 Å². The van der Waals surface area contributed by atoms with E-state index in [1.54, 1.807) is 0 Å². The SMILES string of the molecule is CC1=CC1c1ccc2ccc(N)cc2c1. The normalized spacial score (nSPS) is 19.0. The van der Waals surface area contributed by atoms with Crippen LogP contribution in [0, 0.1) is 0 Å². The molecule has 1 nitrogen and oxygen atoms in total. The molecule has 3 rings (SSSR count). The molecule has 1 unspecified atom stereocenters. The largest absolute Gasteiger partial charge is 0.399 e. The van der Waals surface area contributed by atoms with Crippen LogP contribution in [-0.2, 0) is 0 Å². The Kier molecular flexibility index (Phi) is 1.63. The predicted molar refractivity (Wildman–Crippen MR) is 64.9 cm³/mol. The molecule has 0 saturated heterocycles. The first-order valence-electron chi connectivity index (χ1n) is 5.21. The van der Waals surface area contributed by atoms with Crippen molar-refractivity contribution in [3.8, 4) is 0 Å². The lowest BCUT2D eigenvalue weighted by atomic mass is 10.0. The van der Waals surface area contributed by atoms with Crippen molar-refractivity contribution in [3.05, 3.63) is 53.6 Å². The summed E-state index contributed by atoms with van der Waals surface area (Å²) in [5.41, 5.74) is 9.46. The molecule has 1 atom stereocenters. The monoisotopic (exact) mass is 195 g/mol. The highest BCUT2D eigenvalue weighted by Crippen LogP contribution is 2.39. The molecular formula is C14H13N. The lowest BCUT2D eigenvalue weighted by Gasteiger charge is -2.04. The summed E-state index contributed by atoms with van der Waals surface area (Å²) in [7, 11) is 0. The highest BCUT2D eigenvalue weighted by atomic mass is 14.5. The van der Waals surface area contributed by atoms with Crippen LogP contribution >= 0.6 is 0 Å². The molecule has 0 aromatic heterocycles. The number of allylic oxidation sites excluding steroid dienone is 2. The van der Waals surface area contributed by atoms with Crippen LogP contribution in [-0.4, -0.2) is 0 Å². The molecule has 0 aliphatic heterocycles. The zero-order valence-electron chi connectivity index (χ0n) is 8.70. The number of fused-ring (bicyclic) bond motifs is 1. The van der Waals surface area contributed by atoms with Crippen LogP contribution in [0.3, 0.4) is 0 Å². The summed E-state index contributed by atoms with van der Waals surface area (Å²) in [4.78, 5) is 0. The average Bonchev–Trinajstić information content (AvgIpc) is 2.94. The zero-order valence-corrected chi connectivity index (χ0v) is 8.70. The van der Waals surface area contributed by atoms with Crippen molar-refractivity contribution in [1.29, 1.82) is 0 Å². The van der Waals surface area contributed by atoms with Crippen molar-refractivity contribution in [2.75, 3.05) is 5.73 Å². The summed E-state index contributed by atoms with van der Waals surface area (Å²) < 4.78 is 0. The molecule has 15 heavy (non-hydrogen) atoms. The second-order valence-electron chi connectivity index (χ2n) is 4.25. The number of hydrogen-bond acceptors (Lipinski definition) is 1. The number of nitrogens with two attached hydrogens (primary N) is 1. The van der Waals surface area contributed by atoms with E-state index in [-0.39, 0.29) is 0 Å². The highest BCUT2D eigenvalue weighted by Gasteiger charge is 2.21. The first-order valence-corrected chi connectivity index (χ1v) is 5.21. The van der Waals surface area contributed by atoms with Gasteiger partial charge in [-0.15, -0.1) is 0 Å². The van der Waals surface area contributed by atoms with Gasteiger partial charge in [-0.1, -0.05) is 35.9 Å². The Morgan fingerprint density at radius 3 is 2.47 bits per heavy atom. The number of benzene rings is 2. The molecule has 0 spiro atoms. The fraction of sp³-hybridized carbons (Fsp3) is 0.143. The van der Waals surface area contributed by atoms with Gasteiger partial charge in [-0.05, 0) is 35.4 Å². The first kappa shape index (κ1) is 8.54. The molecule has 0 amide bonds. The summed E-state index contributed by atoms with van der Waals surface area (Å²) in [6.45, 7) is 2.17. The van der Waals surface area contributed by atoms with Crippen LogP contribution in [0.4, 0.5) is 5.69 Å². The van der Waals surface area contributed by atoms with Crippen LogP contribution in [0.25, 0.3) is 10.8 Å². The van der Waals surface area contributed by atoms with Gasteiger partial charge < -0.3 is 5.73 Å². The Hall–Kier alpha value is -1.76. The van der Waals surface area contributed by atoms with Crippen molar-refractivity contribution in [2.24, 2.45) is 0 Å². The van der Waals surface area contributed by atoms with Gasteiger partial charge in [-0.3, -0.25) is 0 Å². The molecule has 0 radical (unpaired) electrons. The summed E-state index contributed by atoms with van der Waals surface area (Å²) >= 11 is 0. The van der Waals surface area contributed by atoms with Crippen molar-refractivity contribution < 1.29 is 0 Å². The summed E-state index contributed by atoms with van der Waals surface area (Å²) in [6.07, 6.45) is 2.29. The van der Waals surface area contributed by atoms with Gasteiger partial charge >= 0.3 is 0 Å². The molecule has 0 heterocycles. The van der Waals surface area contributed by atoms with Crippen LogP contribution in [0.15, 0.2) is 48.0 Å². The lowest BCUT2D eigenvalue weighted by molar-refractivity contribution is 1.18. The van der Waals surface area contributed by atoms with E-state index in [4.69, 9.17) is 5.73 Å². The third-order valence-electron chi connectivity index (χ3n) is 3.06. The molecule has 0 saturated carbocycles. The summed E-state index contributed by atoms with van der Waals surface area (Å²) in [6, 6.07) is 12.7. The first-order chi connectivity index (χ1) is 7.24. The minimum absolute atomic E-state index is 0.579. The molecule has 1 heteroatoms. The third kappa shape index (κ3) is 1.40. The van der Waals surface area contributed by atoms with Crippen LogP contribution in [0.5, 0.6) is 0 Å². The second kappa shape index (κ2) is 2.86. The molecule has 1 aliphatic carbocycles. The molecule has 0 bridgehead atoms. The van der Waals surface area contributed by atoms with Crippen LogP contribution < -0.4 is 5.73 Å². The average molecular weight is 195 g/mol. The van der Waals surface area contributed by atoms with E-state index in [1.807, 2.05) is 12.1 Å². The summed E-state index contributed by atoms with van der Waals surface area (Å²) in [5.74, 6) is 0.579. The summed E-state index contributed by atoms with van der Waals surface area (Å²) in [5, 5.41) is 2.49. The van der Waals surface area contributed by atoms with Gasteiger partial charge in [0.15, 0.2) is 0 Å². The Bertz CT molecular complexity index is 567. The lowest BCUT2D eigenvalue weighted by Crippen LogP contribution is -1.86. The van der Waals surface area contributed by atoms with Gasteiger partial charge in [-0.25, -0.2) is 0 Å². The van der Waals surface area contributed by atoms with E-state index < -0.39 is 0 Å². The highest BCUT2D eigenvalue weighted by molar-refractivity contribution is 5.86. The number of nitrogen functional groups attached to an aromatic ring is 1. The number of hydrogen-bond donors (Lipinski definition) is 1. The predicted octanol–water partition coefficient (Wildman–Crippen LogP) is 3.47. The van der Waals surface area contributed by atoms with Crippen molar-refractivity contribution in [3.63, 3.8) is 0 Å². The molecule has 2 N–H and O–H groups in total. The van der Waals surface area contributed by atoms with Crippen LogP contribution in [0.2, 0.25) is 0 Å². The Balaban J connectivity index is 2.12. The molecule has 2 aromatic rings. The maximum absolute atomic E-state index is 5.78. The van der Waals surface area contributed by atoms with E-state index in [0.717, 1.165) is 5.69 Å². The third-order valence-corrected chi connectivity index (χ3v) is 3.06. The maximum atomic E-state index is 5.78. The molecule has 2 aromatic carbocycles. The van der Waals surface area contributed by atoms with Gasteiger partial charge in [0.2, 0.25) is 0 Å².